The fraction of sp³-hybridized carbons (Fsp3) is 0.222. The van der Waals surface area contributed by atoms with E-state index in [2.05, 4.69) is 20.3 Å². The molecule has 5 rings (SSSR count). The van der Waals surface area contributed by atoms with Crippen molar-refractivity contribution >= 4 is 21.7 Å². The van der Waals surface area contributed by atoms with Gasteiger partial charge in [0.25, 0.3) is 10.0 Å². The van der Waals surface area contributed by atoms with Gasteiger partial charge in [0.15, 0.2) is 16.5 Å². The molecule has 0 amide bonds. The van der Waals surface area contributed by atoms with E-state index in [1.165, 1.54) is 30.6 Å². The Hall–Kier alpha value is -4.23. The number of nitrogens with one attached hydrogen (secondary N) is 2. The molecule has 0 atom stereocenters. The Bertz CT molecular complexity index is 1610. The van der Waals surface area contributed by atoms with Crippen molar-refractivity contribution in [1.82, 2.24) is 15.0 Å². The Morgan fingerprint density at radius 3 is 2.38 bits per heavy atom. The molecule has 2 heterocycles. The van der Waals surface area contributed by atoms with E-state index in [0.29, 0.717) is 17.2 Å². The lowest BCUT2D eigenvalue weighted by atomic mass is 9.92. The second kappa shape index (κ2) is 11.5. The third-order valence-corrected chi connectivity index (χ3v) is 7.84. The van der Waals surface area contributed by atoms with Gasteiger partial charge in [-0.05, 0) is 62.1 Å². The number of hydrogen-bond donors (Lipinski definition) is 3. The number of anilines is 2. The minimum Gasteiger partial charge on any atom is -0.453 e. The zero-order valence-corrected chi connectivity index (χ0v) is 21.8. The molecule has 40 heavy (non-hydrogen) atoms. The van der Waals surface area contributed by atoms with Crippen LogP contribution in [0.2, 0.25) is 0 Å². The molecule has 0 saturated heterocycles. The predicted octanol–water partition coefficient (Wildman–Crippen LogP) is 5.23. The number of hydrogen-bond acceptors (Lipinski definition) is 8. The molecule has 1 fully saturated rings. The zero-order valence-electron chi connectivity index (χ0n) is 21.0. The lowest BCUT2D eigenvalue weighted by Gasteiger charge is -2.26. The maximum absolute atomic E-state index is 15.0. The molecule has 1 aliphatic rings. The number of aromatic nitrogens is 3. The summed E-state index contributed by atoms with van der Waals surface area (Å²) in [5, 5.41) is 3.33. The van der Waals surface area contributed by atoms with Crippen LogP contribution < -0.4 is 20.5 Å². The summed E-state index contributed by atoms with van der Waals surface area (Å²) in [7, 11) is -4.67. The molecule has 0 bridgehead atoms. The first-order valence-electron chi connectivity index (χ1n) is 12.4. The van der Waals surface area contributed by atoms with Gasteiger partial charge >= 0.3 is 0 Å². The summed E-state index contributed by atoms with van der Waals surface area (Å²) in [5.74, 6) is -3.02. The van der Waals surface area contributed by atoms with E-state index in [1.807, 2.05) is 4.72 Å². The van der Waals surface area contributed by atoms with Gasteiger partial charge in [-0.15, -0.1) is 0 Å². The van der Waals surface area contributed by atoms with Gasteiger partial charge in [0.1, 0.15) is 17.4 Å². The van der Waals surface area contributed by atoms with Gasteiger partial charge in [0.2, 0.25) is 5.95 Å². The van der Waals surface area contributed by atoms with Crippen LogP contribution in [0.3, 0.4) is 0 Å². The number of rotatable bonds is 8. The van der Waals surface area contributed by atoms with Gasteiger partial charge in [0, 0.05) is 36.7 Å². The molecule has 208 valence electrons. The minimum absolute atomic E-state index is 0.208. The molecular formula is C27H25F3N6O3S. The third kappa shape index (κ3) is 6.15. The van der Waals surface area contributed by atoms with Crippen LogP contribution in [-0.4, -0.2) is 35.5 Å². The molecule has 4 N–H and O–H groups in total. The summed E-state index contributed by atoms with van der Waals surface area (Å²) in [6.45, 7) is 0. The van der Waals surface area contributed by atoms with Crippen molar-refractivity contribution in [2.75, 3.05) is 10.0 Å². The first-order valence-corrected chi connectivity index (χ1v) is 13.9. The summed E-state index contributed by atoms with van der Waals surface area (Å²) in [6.07, 6.45) is 8.25. The Labute approximate surface area is 228 Å². The van der Waals surface area contributed by atoms with Crippen LogP contribution in [0.5, 0.6) is 11.5 Å². The smallest absolute Gasteiger partial charge is 0.267 e. The normalized spacial score (nSPS) is 17.3. The molecule has 0 unspecified atom stereocenters. The van der Waals surface area contributed by atoms with E-state index in [0.717, 1.165) is 49.9 Å². The van der Waals surface area contributed by atoms with Crippen molar-refractivity contribution in [2.24, 2.45) is 5.73 Å². The second-order valence-electron chi connectivity index (χ2n) is 9.30. The van der Waals surface area contributed by atoms with Crippen LogP contribution in [0.15, 0.2) is 72.0 Å². The number of sulfonamides is 1. The summed E-state index contributed by atoms with van der Waals surface area (Å²) < 4.78 is 75.8. The molecule has 0 radical (unpaired) electrons. The van der Waals surface area contributed by atoms with Crippen molar-refractivity contribution in [3.8, 4) is 22.8 Å². The van der Waals surface area contributed by atoms with Crippen molar-refractivity contribution in [3.63, 3.8) is 0 Å². The van der Waals surface area contributed by atoms with Crippen molar-refractivity contribution in [1.29, 1.82) is 0 Å². The maximum Gasteiger partial charge on any atom is 0.267 e. The van der Waals surface area contributed by atoms with Crippen LogP contribution in [0.1, 0.15) is 25.7 Å². The molecule has 13 heteroatoms. The van der Waals surface area contributed by atoms with E-state index in [4.69, 9.17) is 10.5 Å². The number of nitrogens with two attached hydrogens (primary N) is 1. The van der Waals surface area contributed by atoms with Crippen LogP contribution in [0.25, 0.3) is 11.3 Å². The molecule has 1 saturated carbocycles. The van der Waals surface area contributed by atoms with Gasteiger partial charge < -0.3 is 15.8 Å². The predicted molar refractivity (Wildman–Crippen MR) is 143 cm³/mol. The van der Waals surface area contributed by atoms with Crippen LogP contribution in [0, 0.1) is 17.5 Å². The molecule has 2 aromatic heterocycles. The van der Waals surface area contributed by atoms with E-state index in [1.54, 1.807) is 12.3 Å². The van der Waals surface area contributed by atoms with Crippen molar-refractivity contribution in [2.45, 2.75) is 42.7 Å². The van der Waals surface area contributed by atoms with Gasteiger partial charge in [-0.1, -0.05) is 6.07 Å². The zero-order chi connectivity index (χ0) is 28.3. The van der Waals surface area contributed by atoms with E-state index in [-0.39, 0.29) is 29.3 Å². The molecule has 0 aliphatic heterocycles. The lowest BCUT2D eigenvalue weighted by Crippen LogP contribution is -2.33. The monoisotopic (exact) mass is 570 g/mol. The Morgan fingerprint density at radius 1 is 0.900 bits per heavy atom. The molecule has 0 spiro atoms. The van der Waals surface area contributed by atoms with Crippen LogP contribution >= 0.6 is 0 Å². The summed E-state index contributed by atoms with van der Waals surface area (Å²) in [5.41, 5.74) is 6.70. The Balaban J connectivity index is 1.35. The fourth-order valence-electron chi connectivity index (χ4n) is 4.40. The van der Waals surface area contributed by atoms with Gasteiger partial charge in [-0.2, -0.15) is 0 Å². The highest BCUT2D eigenvalue weighted by atomic mass is 32.2. The Kier molecular flexibility index (Phi) is 7.85. The van der Waals surface area contributed by atoms with Gasteiger partial charge in [-0.25, -0.2) is 31.6 Å². The number of pyridine rings is 1. The maximum atomic E-state index is 15.0. The van der Waals surface area contributed by atoms with Crippen molar-refractivity contribution < 1.29 is 26.3 Å². The Morgan fingerprint density at radius 2 is 1.65 bits per heavy atom. The number of ether oxygens (including phenoxy) is 1. The lowest BCUT2D eigenvalue weighted by molar-refractivity contribution is 0.410. The van der Waals surface area contributed by atoms with Gasteiger partial charge in [-0.3, -0.25) is 9.71 Å². The fourth-order valence-corrected chi connectivity index (χ4v) is 5.59. The molecular weight excluding hydrogens is 545 g/mol. The average molecular weight is 571 g/mol. The largest absolute Gasteiger partial charge is 0.453 e. The van der Waals surface area contributed by atoms with Gasteiger partial charge in [0.05, 0.1) is 16.9 Å². The molecule has 4 aromatic rings. The first-order chi connectivity index (χ1) is 19.2. The van der Waals surface area contributed by atoms with E-state index in [9.17, 15) is 21.6 Å². The first kappa shape index (κ1) is 27.3. The van der Waals surface area contributed by atoms with Crippen LogP contribution in [-0.2, 0) is 10.0 Å². The summed E-state index contributed by atoms with van der Waals surface area (Å²) in [6, 6.07) is 9.52. The molecule has 1 aliphatic carbocycles. The average Bonchev–Trinajstić information content (AvgIpc) is 2.91. The highest BCUT2D eigenvalue weighted by Gasteiger charge is 2.25. The standard InChI is InChI=1S/C27H25F3N6O3S/c28-20-2-1-3-21(29)26(20)40(37,38)36-18-8-9-25(22(30)14-18)39-24-11-12-32-15-19(24)23-10-13-33-27(35-23)34-17-6-4-16(31)5-7-17/h1-3,8-17,36H,4-7,31H2,(H,33,34,35). The second-order valence-corrected chi connectivity index (χ2v) is 10.9. The topological polar surface area (TPSA) is 132 Å². The minimum atomic E-state index is -4.67. The van der Waals surface area contributed by atoms with E-state index < -0.39 is 32.4 Å². The van der Waals surface area contributed by atoms with E-state index >= 15 is 0 Å². The SMILES string of the molecule is NC1CCC(Nc2nccc(-c3cnccc3Oc3ccc(NS(=O)(=O)c4c(F)cccc4F)cc3F)n2)CC1. The highest BCUT2D eigenvalue weighted by Crippen LogP contribution is 2.34. The third-order valence-electron chi connectivity index (χ3n) is 6.41. The summed E-state index contributed by atoms with van der Waals surface area (Å²) in [4.78, 5) is 11.8. The van der Waals surface area contributed by atoms with Crippen LogP contribution in [0.4, 0.5) is 24.8 Å². The highest BCUT2D eigenvalue weighted by molar-refractivity contribution is 7.92. The van der Waals surface area contributed by atoms with Crippen molar-refractivity contribution in [3.05, 3.63) is 84.6 Å². The number of benzene rings is 2. The summed E-state index contributed by atoms with van der Waals surface area (Å²) >= 11 is 0. The number of nitrogens with zero attached hydrogens (tertiary/aromatic N) is 3. The molecule has 2 aromatic carbocycles. The number of halogens is 3. The molecule has 9 nitrogen and oxygen atoms in total. The quantitative estimate of drug-likeness (QED) is 0.262.